The number of nitrogens with zero attached hydrogens (tertiary/aromatic N) is 1. The van der Waals surface area contributed by atoms with Crippen LogP contribution in [0, 0.1) is 26.7 Å². The monoisotopic (exact) mass is 433 g/mol. The van der Waals surface area contributed by atoms with Gasteiger partial charge in [-0.2, -0.15) is 0 Å². The molecule has 2 aromatic carbocycles. The van der Waals surface area contributed by atoms with Crippen molar-refractivity contribution < 1.29 is 9.59 Å². The third-order valence-electron chi connectivity index (χ3n) is 5.76. The minimum Gasteiger partial charge on any atom is -0.347 e. The lowest BCUT2D eigenvalue weighted by molar-refractivity contribution is -0.127. The van der Waals surface area contributed by atoms with Crippen molar-refractivity contribution in [1.29, 1.82) is 0 Å². The van der Waals surface area contributed by atoms with Crippen LogP contribution in [0.3, 0.4) is 0 Å². The number of allylic oxidation sites excluding steroid dienone is 2. The van der Waals surface area contributed by atoms with Gasteiger partial charge in [0.2, 0.25) is 11.8 Å². The summed E-state index contributed by atoms with van der Waals surface area (Å²) in [7, 11) is 0. The number of aryl methyl sites for hydroxylation is 3. The molecular weight excluding hydrogens is 406 g/mol. The topological polar surface area (TPSA) is 71.1 Å². The zero-order chi connectivity index (χ0) is 22.0. The summed E-state index contributed by atoms with van der Waals surface area (Å²) in [5, 5.41) is 6.78. The number of hydrogen-bond acceptors (Lipinski definition) is 4. The molecule has 0 saturated carbocycles. The normalized spacial score (nSPS) is 18.2. The molecule has 6 heteroatoms. The van der Waals surface area contributed by atoms with Crippen molar-refractivity contribution in [2.75, 3.05) is 11.9 Å². The van der Waals surface area contributed by atoms with Crippen molar-refractivity contribution in [1.82, 2.24) is 10.3 Å². The maximum absolute atomic E-state index is 13.0. The van der Waals surface area contributed by atoms with Crippen LogP contribution in [0.1, 0.15) is 40.5 Å². The Kier molecular flexibility index (Phi) is 6.18. The first-order chi connectivity index (χ1) is 14.9. The number of thiazole rings is 1. The highest BCUT2D eigenvalue weighted by molar-refractivity contribution is 7.18. The van der Waals surface area contributed by atoms with Crippen LogP contribution in [0.4, 0.5) is 5.69 Å². The molecule has 0 spiro atoms. The van der Waals surface area contributed by atoms with Crippen LogP contribution >= 0.6 is 11.3 Å². The van der Waals surface area contributed by atoms with Crippen molar-refractivity contribution in [3.63, 3.8) is 0 Å². The zero-order valence-electron chi connectivity index (χ0n) is 18.1. The Labute approximate surface area is 186 Å². The summed E-state index contributed by atoms with van der Waals surface area (Å²) in [5.74, 6) is -0.499. The van der Waals surface area contributed by atoms with Crippen LogP contribution in [0.5, 0.6) is 0 Å². The molecular formula is C25H27N3O2S. The van der Waals surface area contributed by atoms with Gasteiger partial charge < -0.3 is 10.6 Å². The summed E-state index contributed by atoms with van der Waals surface area (Å²) in [6.07, 6.45) is 5.61. The fourth-order valence-electron chi connectivity index (χ4n) is 4.28. The van der Waals surface area contributed by atoms with Crippen LogP contribution in [0.25, 0.3) is 10.2 Å². The molecule has 0 fully saturated rings. The first kappa shape index (κ1) is 21.2. The average molecular weight is 434 g/mol. The van der Waals surface area contributed by atoms with E-state index in [4.69, 9.17) is 4.98 Å². The van der Waals surface area contributed by atoms with Crippen molar-refractivity contribution in [2.45, 2.75) is 39.5 Å². The number of anilines is 1. The molecule has 0 saturated heterocycles. The van der Waals surface area contributed by atoms with Crippen LogP contribution in [0.15, 0.2) is 48.6 Å². The largest absolute Gasteiger partial charge is 0.347 e. The molecule has 1 aliphatic carbocycles. The van der Waals surface area contributed by atoms with Crippen molar-refractivity contribution in [3.8, 4) is 0 Å². The van der Waals surface area contributed by atoms with Gasteiger partial charge in [0, 0.05) is 11.6 Å². The van der Waals surface area contributed by atoms with Crippen LogP contribution in [-0.2, 0) is 9.59 Å². The number of hydrogen-bond donors (Lipinski definition) is 2. The van der Waals surface area contributed by atoms with E-state index < -0.39 is 0 Å². The maximum Gasteiger partial charge on any atom is 0.243 e. The van der Waals surface area contributed by atoms with E-state index in [0.717, 1.165) is 44.0 Å². The summed E-state index contributed by atoms with van der Waals surface area (Å²) in [6, 6.07) is 12.1. The molecule has 1 heterocycles. The van der Waals surface area contributed by atoms with E-state index in [-0.39, 0.29) is 30.2 Å². The smallest absolute Gasteiger partial charge is 0.243 e. The second-order valence-corrected chi connectivity index (χ2v) is 9.28. The predicted molar refractivity (Wildman–Crippen MR) is 127 cm³/mol. The molecule has 31 heavy (non-hydrogen) atoms. The Hall–Kier alpha value is -2.99. The van der Waals surface area contributed by atoms with Crippen molar-refractivity contribution in [2.24, 2.45) is 5.92 Å². The Balaban J connectivity index is 1.42. The van der Waals surface area contributed by atoms with Gasteiger partial charge in [0.1, 0.15) is 0 Å². The average Bonchev–Trinajstić information content (AvgIpc) is 3.18. The molecule has 160 valence electrons. The van der Waals surface area contributed by atoms with Gasteiger partial charge in [-0.3, -0.25) is 9.59 Å². The van der Waals surface area contributed by atoms with E-state index in [1.165, 1.54) is 0 Å². The van der Waals surface area contributed by atoms with Crippen LogP contribution in [0.2, 0.25) is 0 Å². The lowest BCUT2D eigenvalue weighted by Gasteiger charge is -2.26. The Bertz CT molecular complexity index is 1110. The molecule has 0 unspecified atom stereocenters. The molecule has 1 aliphatic rings. The number of para-hydroxylation sites is 1. The Morgan fingerprint density at radius 1 is 1.06 bits per heavy atom. The van der Waals surface area contributed by atoms with Gasteiger partial charge in [0.05, 0.1) is 27.7 Å². The molecule has 2 amide bonds. The van der Waals surface area contributed by atoms with E-state index in [0.29, 0.717) is 6.42 Å². The summed E-state index contributed by atoms with van der Waals surface area (Å²) in [4.78, 5) is 30.3. The number of amides is 2. The first-order valence-electron chi connectivity index (χ1n) is 10.6. The van der Waals surface area contributed by atoms with E-state index in [2.05, 4.69) is 22.8 Å². The summed E-state index contributed by atoms with van der Waals surface area (Å²) in [5.41, 5.74) is 4.99. The van der Waals surface area contributed by atoms with Gasteiger partial charge in [0.15, 0.2) is 0 Å². The van der Waals surface area contributed by atoms with Gasteiger partial charge >= 0.3 is 0 Å². The third-order valence-corrected chi connectivity index (χ3v) is 6.93. The highest BCUT2D eigenvalue weighted by Gasteiger charge is 2.32. The molecule has 5 nitrogen and oxygen atoms in total. The highest BCUT2D eigenvalue weighted by atomic mass is 32.1. The molecule has 2 atom stereocenters. The second kappa shape index (κ2) is 9.02. The summed E-state index contributed by atoms with van der Waals surface area (Å²) < 4.78 is 1.13. The van der Waals surface area contributed by atoms with E-state index in [1.54, 1.807) is 11.3 Å². The number of carbonyl (C=O) groups excluding carboxylic acids is 2. The number of aromatic nitrogens is 1. The lowest BCUT2D eigenvalue weighted by Crippen LogP contribution is -2.39. The van der Waals surface area contributed by atoms with Gasteiger partial charge in [-0.15, -0.1) is 11.3 Å². The third kappa shape index (κ3) is 4.69. The van der Waals surface area contributed by atoms with E-state index >= 15 is 0 Å². The Morgan fingerprint density at radius 3 is 2.52 bits per heavy atom. The predicted octanol–water partition coefficient (Wildman–Crippen LogP) is 5.03. The minimum atomic E-state index is -0.221. The van der Waals surface area contributed by atoms with Gasteiger partial charge in [-0.25, -0.2) is 4.98 Å². The van der Waals surface area contributed by atoms with Crippen molar-refractivity contribution in [3.05, 3.63) is 70.2 Å². The molecule has 1 aromatic heterocycles. The molecule has 3 aromatic rings. The van der Waals surface area contributed by atoms with Crippen LogP contribution in [-0.4, -0.2) is 23.3 Å². The SMILES string of the molecule is Cc1cc(C)c(NC(=O)CNC(=O)[C@@H]2CC=CC[C@H]2c2nc3ccccc3s2)c(C)c1. The molecule has 0 radical (unpaired) electrons. The molecule has 0 bridgehead atoms. The molecule has 4 rings (SSSR count). The zero-order valence-corrected chi connectivity index (χ0v) is 18.9. The number of fused-ring (bicyclic) bond motifs is 1. The fourth-order valence-corrected chi connectivity index (χ4v) is 5.43. The first-order valence-corrected chi connectivity index (χ1v) is 11.4. The quantitative estimate of drug-likeness (QED) is 0.555. The van der Waals surface area contributed by atoms with Gasteiger partial charge in [0.25, 0.3) is 0 Å². The van der Waals surface area contributed by atoms with E-state index in [9.17, 15) is 9.59 Å². The molecule has 0 aliphatic heterocycles. The maximum atomic E-state index is 13.0. The second-order valence-electron chi connectivity index (χ2n) is 8.22. The van der Waals surface area contributed by atoms with E-state index in [1.807, 2.05) is 57.2 Å². The highest BCUT2D eigenvalue weighted by Crippen LogP contribution is 2.38. The van der Waals surface area contributed by atoms with Gasteiger partial charge in [-0.05, 0) is 56.9 Å². The standard InChI is InChI=1S/C25H27N3O2S/c1-15-12-16(2)23(17(3)13-15)28-22(29)14-26-24(30)18-8-4-5-9-19(18)25-27-20-10-6-7-11-21(20)31-25/h4-7,10-13,18-19H,8-9,14H2,1-3H3,(H,26,30)(H,28,29)/t18-,19-/m1/s1. The summed E-state index contributed by atoms with van der Waals surface area (Å²) in [6.45, 7) is 5.95. The number of benzene rings is 2. The summed E-state index contributed by atoms with van der Waals surface area (Å²) >= 11 is 1.65. The van der Waals surface area contributed by atoms with Crippen molar-refractivity contribution >= 4 is 39.1 Å². The lowest BCUT2D eigenvalue weighted by atomic mass is 9.82. The number of rotatable bonds is 5. The van der Waals surface area contributed by atoms with Crippen LogP contribution < -0.4 is 10.6 Å². The molecule has 2 N–H and O–H groups in total. The number of nitrogens with one attached hydrogen (secondary N) is 2. The minimum absolute atomic E-state index is 0.0343. The number of carbonyl (C=O) groups is 2. The fraction of sp³-hybridized carbons (Fsp3) is 0.320. The Morgan fingerprint density at radius 2 is 1.77 bits per heavy atom. The van der Waals surface area contributed by atoms with Gasteiger partial charge in [-0.1, -0.05) is 42.0 Å².